The maximum Gasteiger partial charge on any atom is 0.257 e. The second kappa shape index (κ2) is 9.93. The number of H-pyrrole nitrogens is 1. The molecule has 1 N–H and O–H groups in total. The molecular weight excluding hydrogens is 423 g/mol. The highest BCUT2D eigenvalue weighted by molar-refractivity contribution is 5.79. The Bertz CT molecular complexity index is 1080. The van der Waals surface area contributed by atoms with Crippen molar-refractivity contribution in [1.82, 2.24) is 9.97 Å². The summed E-state index contributed by atoms with van der Waals surface area (Å²) in [4.78, 5) is 37.0. The second-order valence-electron chi connectivity index (χ2n) is 9.09. The van der Waals surface area contributed by atoms with Gasteiger partial charge in [-0.2, -0.15) is 4.98 Å². The second-order valence-corrected chi connectivity index (χ2v) is 9.09. The highest BCUT2D eigenvalue weighted by atomic mass is 19.1. The van der Waals surface area contributed by atoms with E-state index in [0.29, 0.717) is 80.4 Å². The van der Waals surface area contributed by atoms with E-state index in [4.69, 9.17) is 9.72 Å². The van der Waals surface area contributed by atoms with E-state index in [-0.39, 0.29) is 23.1 Å². The average molecular weight is 457 g/mol. The van der Waals surface area contributed by atoms with Crippen molar-refractivity contribution >= 4 is 17.5 Å². The lowest BCUT2D eigenvalue weighted by Gasteiger charge is -2.29. The molecule has 178 valence electrons. The van der Waals surface area contributed by atoms with Crippen LogP contribution in [0.25, 0.3) is 0 Å². The number of carbonyl (C=O) groups is 1. The number of aromatic amines is 1. The van der Waals surface area contributed by atoms with E-state index < -0.39 is 0 Å². The number of ether oxygens (including phenoxy) is 1. The first kappa shape index (κ1) is 23.3. The van der Waals surface area contributed by atoms with Crippen LogP contribution in [0, 0.1) is 5.82 Å². The van der Waals surface area contributed by atoms with E-state index >= 15 is 4.39 Å². The molecule has 0 fully saturated rings. The van der Waals surface area contributed by atoms with Gasteiger partial charge in [-0.3, -0.25) is 14.6 Å². The Kier molecular flexibility index (Phi) is 7.00. The van der Waals surface area contributed by atoms with Crippen molar-refractivity contribution in [3.63, 3.8) is 0 Å². The molecule has 2 aliphatic heterocycles. The van der Waals surface area contributed by atoms with Gasteiger partial charge in [-0.05, 0) is 55.7 Å². The van der Waals surface area contributed by atoms with Crippen molar-refractivity contribution in [1.29, 1.82) is 0 Å². The zero-order valence-corrected chi connectivity index (χ0v) is 19.7. The first-order valence-electron chi connectivity index (χ1n) is 11.9. The number of carbonyl (C=O) groups excluding carboxylic acids is 1. The Morgan fingerprint density at radius 3 is 2.70 bits per heavy atom. The quantitative estimate of drug-likeness (QED) is 0.761. The predicted octanol–water partition coefficient (Wildman–Crippen LogP) is 3.60. The SMILES string of the molecule is CCOc1cc(F)c2c(c1)C(C)CCC(=O)CCN(c1nc3c(c(=O)[nH]1)CCCN3C)CC2. The number of benzene rings is 1. The Hall–Kier alpha value is -2.90. The topological polar surface area (TPSA) is 78.5 Å². The molecule has 4 rings (SSSR count). The monoisotopic (exact) mass is 456 g/mol. The van der Waals surface area contributed by atoms with Crippen LogP contribution in [-0.4, -0.2) is 49.0 Å². The molecule has 2 aliphatic rings. The molecule has 1 unspecified atom stereocenters. The van der Waals surface area contributed by atoms with Crippen LogP contribution in [0.4, 0.5) is 16.2 Å². The van der Waals surface area contributed by atoms with Crippen LogP contribution < -0.4 is 20.1 Å². The number of halogens is 1. The van der Waals surface area contributed by atoms with Crippen LogP contribution in [0.2, 0.25) is 0 Å². The smallest absolute Gasteiger partial charge is 0.257 e. The van der Waals surface area contributed by atoms with E-state index in [2.05, 4.69) is 4.98 Å². The van der Waals surface area contributed by atoms with Crippen molar-refractivity contribution in [2.24, 2.45) is 0 Å². The number of anilines is 2. The maximum absolute atomic E-state index is 15.2. The molecule has 0 amide bonds. The lowest BCUT2D eigenvalue weighted by atomic mass is 9.89. The van der Waals surface area contributed by atoms with E-state index in [0.717, 1.165) is 18.5 Å². The number of Topliss-reactive ketones (excluding diaryl/α,β-unsaturated/α-hetero) is 1. The van der Waals surface area contributed by atoms with Gasteiger partial charge in [-0.1, -0.05) is 6.92 Å². The largest absolute Gasteiger partial charge is 0.494 e. The number of rotatable bonds is 3. The molecule has 2 aromatic rings. The Balaban J connectivity index is 1.70. The lowest BCUT2D eigenvalue weighted by molar-refractivity contribution is -0.119. The van der Waals surface area contributed by atoms with E-state index in [9.17, 15) is 9.59 Å². The Morgan fingerprint density at radius 2 is 1.91 bits per heavy atom. The van der Waals surface area contributed by atoms with Crippen LogP contribution in [0.1, 0.15) is 62.1 Å². The summed E-state index contributed by atoms with van der Waals surface area (Å²) in [7, 11) is 1.94. The van der Waals surface area contributed by atoms with Gasteiger partial charge in [0.25, 0.3) is 5.56 Å². The number of nitrogens with zero attached hydrogens (tertiary/aromatic N) is 3. The number of nitrogens with one attached hydrogen (secondary N) is 1. The minimum absolute atomic E-state index is 0.0423. The molecule has 0 radical (unpaired) electrons. The van der Waals surface area contributed by atoms with Gasteiger partial charge in [-0.25, -0.2) is 4.39 Å². The van der Waals surface area contributed by atoms with Crippen molar-refractivity contribution in [2.75, 3.05) is 43.1 Å². The zero-order valence-electron chi connectivity index (χ0n) is 19.7. The number of aromatic nitrogens is 2. The molecule has 33 heavy (non-hydrogen) atoms. The lowest BCUT2D eigenvalue weighted by Crippen LogP contribution is -2.36. The van der Waals surface area contributed by atoms with Crippen molar-refractivity contribution in [3.8, 4) is 5.75 Å². The van der Waals surface area contributed by atoms with Crippen molar-refractivity contribution in [3.05, 3.63) is 45.0 Å². The average Bonchev–Trinajstić information content (AvgIpc) is 2.81. The van der Waals surface area contributed by atoms with Crippen LogP contribution in [0.3, 0.4) is 0 Å². The number of ketones is 1. The van der Waals surface area contributed by atoms with Gasteiger partial charge in [-0.15, -0.1) is 0 Å². The van der Waals surface area contributed by atoms with Gasteiger partial charge in [0.1, 0.15) is 23.2 Å². The molecule has 0 bridgehead atoms. The molecule has 8 heteroatoms. The summed E-state index contributed by atoms with van der Waals surface area (Å²) in [5.74, 6) is 1.57. The molecule has 0 saturated carbocycles. The molecule has 1 aromatic heterocycles. The van der Waals surface area contributed by atoms with Crippen LogP contribution in [0.15, 0.2) is 16.9 Å². The Morgan fingerprint density at radius 1 is 1.12 bits per heavy atom. The molecule has 0 saturated heterocycles. The van der Waals surface area contributed by atoms with Crippen LogP contribution in [-0.2, 0) is 17.6 Å². The summed E-state index contributed by atoms with van der Waals surface area (Å²) >= 11 is 0. The number of hydrogen-bond acceptors (Lipinski definition) is 6. The van der Waals surface area contributed by atoms with Gasteiger partial charge >= 0.3 is 0 Å². The third-order valence-electron chi connectivity index (χ3n) is 6.76. The molecule has 7 nitrogen and oxygen atoms in total. The highest BCUT2D eigenvalue weighted by Crippen LogP contribution is 2.32. The van der Waals surface area contributed by atoms with E-state index in [1.165, 1.54) is 6.07 Å². The Labute approximate surface area is 194 Å². The molecule has 0 aliphatic carbocycles. The van der Waals surface area contributed by atoms with Gasteiger partial charge in [0.2, 0.25) is 5.95 Å². The fourth-order valence-corrected chi connectivity index (χ4v) is 4.84. The minimum atomic E-state index is -0.292. The molecule has 1 atom stereocenters. The molecule has 3 heterocycles. The summed E-state index contributed by atoms with van der Waals surface area (Å²) in [6, 6.07) is 3.35. The zero-order chi connectivity index (χ0) is 23.5. The van der Waals surface area contributed by atoms with Crippen LogP contribution >= 0.6 is 0 Å². The third-order valence-corrected chi connectivity index (χ3v) is 6.76. The summed E-state index contributed by atoms with van der Waals surface area (Å²) in [6.07, 6.45) is 3.55. The summed E-state index contributed by atoms with van der Waals surface area (Å²) < 4.78 is 20.7. The highest BCUT2D eigenvalue weighted by Gasteiger charge is 2.24. The fraction of sp³-hybridized carbons (Fsp3) is 0.560. The van der Waals surface area contributed by atoms with Gasteiger partial charge in [0.15, 0.2) is 0 Å². The number of fused-ring (bicyclic) bond motifs is 2. The van der Waals surface area contributed by atoms with Crippen LogP contribution in [0.5, 0.6) is 5.75 Å². The summed E-state index contributed by atoms with van der Waals surface area (Å²) in [5.41, 5.74) is 2.10. The fourth-order valence-electron chi connectivity index (χ4n) is 4.84. The maximum atomic E-state index is 15.2. The first-order chi connectivity index (χ1) is 15.9. The van der Waals surface area contributed by atoms with Gasteiger partial charge in [0, 0.05) is 45.6 Å². The molecular formula is C25H33FN4O3. The standard InChI is InChI=1S/C25H33FN4O3/c1-4-33-18-14-21-16(2)7-8-17(31)9-12-30(13-10-19(21)22(26)15-18)25-27-23-20(24(32)28-25)6-5-11-29(23)3/h14-16H,4-13H2,1-3H3,(H,27,28,32). The first-order valence-corrected chi connectivity index (χ1v) is 11.9. The predicted molar refractivity (Wildman–Crippen MR) is 127 cm³/mol. The van der Waals surface area contributed by atoms with E-state index in [1.807, 2.05) is 36.8 Å². The van der Waals surface area contributed by atoms with Crippen molar-refractivity contribution in [2.45, 2.75) is 58.3 Å². The summed E-state index contributed by atoms with van der Waals surface area (Å²) in [6.45, 7) is 6.10. The normalized spacial score (nSPS) is 19.5. The minimum Gasteiger partial charge on any atom is -0.494 e. The summed E-state index contributed by atoms with van der Waals surface area (Å²) in [5, 5.41) is 0. The number of hydrogen-bond donors (Lipinski definition) is 1. The van der Waals surface area contributed by atoms with E-state index in [1.54, 1.807) is 0 Å². The molecule has 0 spiro atoms. The third kappa shape index (κ3) is 5.04. The van der Waals surface area contributed by atoms with Crippen molar-refractivity contribution < 1.29 is 13.9 Å². The van der Waals surface area contributed by atoms with Gasteiger partial charge < -0.3 is 14.5 Å². The molecule has 1 aromatic carbocycles. The van der Waals surface area contributed by atoms with Gasteiger partial charge in [0.05, 0.1) is 12.2 Å².